The lowest BCUT2D eigenvalue weighted by Crippen LogP contribution is -2.60. The second-order valence-electron chi connectivity index (χ2n) is 19.2. The van der Waals surface area contributed by atoms with Gasteiger partial charge in [-0.2, -0.15) is 4.98 Å². The Morgan fingerprint density at radius 3 is 2.19 bits per heavy atom. The summed E-state index contributed by atoms with van der Waals surface area (Å²) in [6.45, 7) is 12.9. The lowest BCUT2D eigenvalue weighted by Gasteiger charge is -2.55. The highest BCUT2D eigenvalue weighted by molar-refractivity contribution is 5.98. The van der Waals surface area contributed by atoms with Crippen molar-refractivity contribution in [3.63, 3.8) is 0 Å². The average molecular weight is 1010 g/mol. The van der Waals surface area contributed by atoms with E-state index in [0.717, 1.165) is 98.8 Å². The molecule has 1 saturated carbocycles. The van der Waals surface area contributed by atoms with Gasteiger partial charge in [0, 0.05) is 96.3 Å². The highest BCUT2D eigenvalue weighted by atomic mass is 16.2. The largest absolute Gasteiger partial charge is 0.369 e. The smallest absolute Gasteiger partial charge is 0.329 e. The Labute approximate surface area is 428 Å². The van der Waals surface area contributed by atoms with E-state index in [2.05, 4.69) is 48.3 Å². The molecule has 20 heteroatoms. The number of likely N-dealkylation sites (N-methyl/N-ethyl adjacent to an activating group) is 1. The fourth-order valence-electron chi connectivity index (χ4n) is 9.80. The Kier molecular flexibility index (Phi) is 20.5. The van der Waals surface area contributed by atoms with Gasteiger partial charge in [-0.15, -0.1) is 0 Å². The van der Waals surface area contributed by atoms with Crippen LogP contribution in [-0.4, -0.2) is 147 Å². The van der Waals surface area contributed by atoms with Crippen LogP contribution in [0.4, 0.5) is 17.5 Å². The van der Waals surface area contributed by atoms with E-state index in [1.165, 1.54) is 16.4 Å². The number of imide groups is 1. The van der Waals surface area contributed by atoms with Crippen LogP contribution in [0.5, 0.6) is 0 Å². The number of benzene rings is 1. The van der Waals surface area contributed by atoms with Crippen molar-refractivity contribution >= 4 is 75.7 Å². The van der Waals surface area contributed by atoms with Crippen molar-refractivity contribution in [1.82, 2.24) is 54.0 Å². The number of fused-ring (bicyclic) bond motifs is 2. The summed E-state index contributed by atoms with van der Waals surface area (Å²) in [5, 5.41) is 9.24. The molecule has 8 rings (SSSR count). The van der Waals surface area contributed by atoms with E-state index in [-0.39, 0.29) is 53.9 Å². The van der Waals surface area contributed by atoms with Gasteiger partial charge in [0.25, 0.3) is 5.91 Å². The number of pyridine rings is 1. The van der Waals surface area contributed by atoms with Gasteiger partial charge >= 0.3 is 5.69 Å². The average Bonchev–Trinajstić information content (AvgIpc) is 4.11. The van der Waals surface area contributed by atoms with E-state index in [1.807, 2.05) is 64.5 Å². The minimum absolute atomic E-state index is 0.0309. The normalized spacial score (nSPS) is 15.8. The summed E-state index contributed by atoms with van der Waals surface area (Å²) in [6, 6.07) is 11.8. The quantitative estimate of drug-likeness (QED) is 0.108. The van der Waals surface area contributed by atoms with E-state index >= 15 is 0 Å². The summed E-state index contributed by atoms with van der Waals surface area (Å²) >= 11 is 0. The standard InChI is InChI=1S/C41H51N11O4.C8H13NO3.C2H7N.C2H6/c1-6-34(53)45-35(54)23-51-31-13-9-12-30(36(31)48(5)40(51)56)50-24-41(25-50)16-18-49(19-17-41)26(2)27-14-15-33(42-21-27)44-39-43-22-28-20-32(38(55)47(3)4)52(37(28)46-39)29-10-7-8-11-29;1-7(12)9(2)8(6-11)4-3-5-10;1-3-2;1-2/h9,12-15,20-22,26,29H,6-8,10-11,16-19,23-25H2,1-5H3,(H,45,53,54)(H,42,43,44,46);5-6,8H,3-4H2,1-2H3;3H,1-2H3;1-2H3. The van der Waals surface area contributed by atoms with E-state index in [4.69, 9.17) is 9.97 Å². The van der Waals surface area contributed by atoms with Crippen LogP contribution in [0.15, 0.2) is 53.6 Å². The van der Waals surface area contributed by atoms with Gasteiger partial charge in [0.2, 0.25) is 23.7 Å². The molecule has 3 N–H and O–H groups in total. The lowest BCUT2D eigenvalue weighted by atomic mass is 9.71. The predicted molar refractivity (Wildman–Crippen MR) is 285 cm³/mol. The van der Waals surface area contributed by atoms with Crippen LogP contribution in [0.2, 0.25) is 0 Å². The molecular formula is C53H77N13O7. The van der Waals surface area contributed by atoms with Gasteiger partial charge in [0.05, 0.1) is 22.8 Å². The summed E-state index contributed by atoms with van der Waals surface area (Å²) in [5.74, 6) is 0.0563. The van der Waals surface area contributed by atoms with Gasteiger partial charge in [0.1, 0.15) is 36.3 Å². The Balaban J connectivity index is 0.000000504. The van der Waals surface area contributed by atoms with E-state index < -0.39 is 11.9 Å². The number of carbonyl (C=O) groups excluding carboxylic acids is 6. The molecule has 0 bridgehead atoms. The number of hydrogen-bond donors (Lipinski definition) is 3. The summed E-state index contributed by atoms with van der Waals surface area (Å²) < 4.78 is 5.17. The Morgan fingerprint density at radius 1 is 0.945 bits per heavy atom. The summed E-state index contributed by atoms with van der Waals surface area (Å²) in [5.41, 5.74) is 4.98. The molecular weight excluding hydrogens is 931 g/mol. The van der Waals surface area contributed by atoms with Crippen molar-refractivity contribution in [2.75, 3.05) is 71.6 Å². The number of hydrogen-bond acceptors (Lipinski definition) is 14. The van der Waals surface area contributed by atoms with Crippen LogP contribution in [0.3, 0.4) is 0 Å². The number of aldehydes is 2. The first-order valence-corrected chi connectivity index (χ1v) is 25.5. The van der Waals surface area contributed by atoms with Gasteiger partial charge in [-0.3, -0.25) is 38.5 Å². The molecule has 73 heavy (non-hydrogen) atoms. The van der Waals surface area contributed by atoms with Crippen molar-refractivity contribution in [3.05, 3.63) is 70.5 Å². The topological polar surface area (TPSA) is 222 Å². The molecule has 4 amide bonds. The molecule has 5 aromatic rings. The number of aryl methyl sites for hydroxylation is 1. The number of piperidine rings is 1. The Morgan fingerprint density at radius 2 is 1.62 bits per heavy atom. The molecule has 2 aliphatic heterocycles. The highest BCUT2D eigenvalue weighted by Crippen LogP contribution is 2.45. The van der Waals surface area contributed by atoms with Crippen molar-refractivity contribution in [1.29, 1.82) is 0 Å². The molecule has 2 saturated heterocycles. The van der Waals surface area contributed by atoms with Crippen molar-refractivity contribution in [2.45, 2.75) is 117 Å². The zero-order valence-corrected chi connectivity index (χ0v) is 44.7. The minimum atomic E-state index is -0.493. The molecule has 6 heterocycles. The molecule has 1 aliphatic carbocycles. The first-order chi connectivity index (χ1) is 35.0. The number of amides is 4. The van der Waals surface area contributed by atoms with Crippen LogP contribution in [-0.2, 0) is 37.6 Å². The van der Waals surface area contributed by atoms with Crippen LogP contribution >= 0.6 is 0 Å². The summed E-state index contributed by atoms with van der Waals surface area (Å²) in [7, 11) is 10.6. The zero-order valence-electron chi connectivity index (χ0n) is 44.7. The number of para-hydroxylation sites is 1. The van der Waals surface area contributed by atoms with Gasteiger partial charge in [-0.05, 0) is 96.0 Å². The molecule has 4 aromatic heterocycles. The fraction of sp³-hybridized carbons (Fsp3) is 0.547. The number of aromatic nitrogens is 6. The molecule has 2 atom stereocenters. The predicted octanol–water partition coefficient (Wildman–Crippen LogP) is 5.63. The molecule has 1 aromatic carbocycles. The van der Waals surface area contributed by atoms with Gasteiger partial charge in [0.15, 0.2) is 0 Å². The van der Waals surface area contributed by atoms with Crippen LogP contribution < -0.4 is 26.5 Å². The number of anilines is 3. The highest BCUT2D eigenvalue weighted by Gasteiger charge is 2.46. The van der Waals surface area contributed by atoms with Crippen molar-refractivity contribution in [3.8, 4) is 0 Å². The third-order valence-electron chi connectivity index (χ3n) is 14.0. The number of nitrogens with zero attached hydrogens (tertiary/aromatic N) is 10. The molecule has 20 nitrogen and oxygen atoms in total. The number of carbonyl (C=O) groups is 6. The maximum atomic E-state index is 13.2. The van der Waals surface area contributed by atoms with Crippen molar-refractivity contribution < 1.29 is 28.8 Å². The number of rotatable bonds is 15. The van der Waals surface area contributed by atoms with E-state index in [1.54, 1.807) is 50.8 Å². The Hall–Kier alpha value is -6.80. The monoisotopic (exact) mass is 1010 g/mol. The second kappa shape index (κ2) is 26.2. The maximum absolute atomic E-state index is 13.2. The van der Waals surface area contributed by atoms with Crippen LogP contribution in [0.25, 0.3) is 22.1 Å². The lowest BCUT2D eigenvalue weighted by molar-refractivity contribution is -0.133. The molecule has 3 fully saturated rings. The third-order valence-corrected chi connectivity index (χ3v) is 14.0. The van der Waals surface area contributed by atoms with Crippen LogP contribution in [0, 0.1) is 5.41 Å². The maximum Gasteiger partial charge on any atom is 0.329 e. The Bertz CT molecular complexity index is 2740. The second-order valence-corrected chi connectivity index (χ2v) is 19.2. The molecule has 396 valence electrons. The van der Waals surface area contributed by atoms with Crippen LogP contribution in [0.1, 0.15) is 121 Å². The number of imidazole rings is 1. The molecule has 0 radical (unpaired) electrons. The summed E-state index contributed by atoms with van der Waals surface area (Å²) in [4.78, 5) is 104. The minimum Gasteiger partial charge on any atom is -0.369 e. The SMILES string of the molecule is CC.CC(=O)N(C)C(C=O)CCC=O.CCC(=O)NC(=O)Cn1c(=O)n(C)c2c(N3CC4(CCN(C(C)c5ccc(Nc6ncc7cc(C(=O)N(C)C)n(C8CCCC8)c7n6)nc5)CC4)C3)cccc21.CNC. The molecule has 1 spiro atoms. The first kappa shape index (κ1) is 57.1. The first-order valence-electron chi connectivity index (χ1n) is 25.5. The molecule has 2 unspecified atom stereocenters. The number of nitrogens with one attached hydrogen (secondary N) is 3. The van der Waals surface area contributed by atoms with Gasteiger partial charge < -0.3 is 39.5 Å². The van der Waals surface area contributed by atoms with Gasteiger partial charge in [-0.25, -0.2) is 14.8 Å². The third kappa shape index (κ3) is 13.4. The fourth-order valence-corrected chi connectivity index (χ4v) is 9.80. The van der Waals surface area contributed by atoms with E-state index in [9.17, 15) is 33.6 Å². The molecule has 3 aliphatic rings. The summed E-state index contributed by atoms with van der Waals surface area (Å²) in [6.07, 6.45) is 12.6. The van der Waals surface area contributed by atoms with Crippen molar-refractivity contribution in [2.24, 2.45) is 12.5 Å². The zero-order chi connectivity index (χ0) is 53.6. The van der Waals surface area contributed by atoms with E-state index in [0.29, 0.717) is 42.1 Å². The van der Waals surface area contributed by atoms with Gasteiger partial charge in [-0.1, -0.05) is 45.7 Å². The number of likely N-dealkylation sites (tertiary alicyclic amines) is 1.